The van der Waals surface area contributed by atoms with Crippen LogP contribution in [0.2, 0.25) is 0 Å². The minimum Gasteiger partial charge on any atom is -0.454 e. The minimum atomic E-state index is -1.08. The van der Waals surface area contributed by atoms with Crippen LogP contribution < -0.4 is 14.8 Å². The van der Waals surface area contributed by atoms with Crippen LogP contribution in [0.4, 0.5) is 10.5 Å². The third-order valence-electron chi connectivity index (χ3n) is 3.72. The summed E-state index contributed by atoms with van der Waals surface area (Å²) in [7, 11) is 1.15. The average Bonchev–Trinajstić information content (AvgIpc) is 3.09. The number of carbonyl (C=O) groups is 5. The lowest BCUT2D eigenvalue weighted by molar-refractivity contribution is -0.143. The second kappa shape index (κ2) is 5.89. The highest BCUT2D eigenvalue weighted by Gasteiger charge is 2.43. The van der Waals surface area contributed by atoms with E-state index < -0.39 is 30.3 Å². The zero-order valence-corrected chi connectivity index (χ0v) is 13.3. The molecule has 2 heterocycles. The molecule has 10 nitrogen and oxygen atoms in total. The van der Waals surface area contributed by atoms with Crippen molar-refractivity contribution in [3.8, 4) is 11.5 Å². The maximum Gasteiger partial charge on any atom is 0.334 e. The number of anilines is 1. The highest BCUT2D eigenvalue weighted by Crippen LogP contribution is 2.37. The number of ether oxygens (including phenoxy) is 2. The van der Waals surface area contributed by atoms with Gasteiger partial charge >= 0.3 is 17.8 Å². The second-order valence-corrected chi connectivity index (χ2v) is 5.39. The Morgan fingerprint density at radius 3 is 2.32 bits per heavy atom. The van der Waals surface area contributed by atoms with Crippen molar-refractivity contribution >= 4 is 35.2 Å². The van der Waals surface area contributed by atoms with Crippen molar-refractivity contribution in [3.05, 3.63) is 17.7 Å². The molecular formula is C15H13N3O7. The van der Waals surface area contributed by atoms with E-state index in [1.54, 1.807) is 0 Å². The number of imide groups is 2. The van der Waals surface area contributed by atoms with Crippen LogP contribution in [0.25, 0.3) is 0 Å². The molecule has 0 atom stereocenters. The first kappa shape index (κ1) is 16.4. The lowest BCUT2D eigenvalue weighted by Gasteiger charge is -2.14. The number of amides is 5. The van der Waals surface area contributed by atoms with Gasteiger partial charge in [-0.25, -0.2) is 9.69 Å². The number of nitrogens with zero attached hydrogens (tertiary/aromatic N) is 2. The Bertz CT molecular complexity index is 833. The van der Waals surface area contributed by atoms with E-state index in [4.69, 9.17) is 9.47 Å². The van der Waals surface area contributed by atoms with E-state index in [1.165, 1.54) is 19.1 Å². The summed E-state index contributed by atoms with van der Waals surface area (Å²) in [5.74, 6) is -2.43. The van der Waals surface area contributed by atoms with E-state index in [9.17, 15) is 24.0 Å². The van der Waals surface area contributed by atoms with E-state index >= 15 is 0 Å². The van der Waals surface area contributed by atoms with Gasteiger partial charge in [0.05, 0.1) is 5.69 Å². The van der Waals surface area contributed by atoms with Crippen molar-refractivity contribution < 1.29 is 33.4 Å². The summed E-state index contributed by atoms with van der Waals surface area (Å²) >= 11 is 0. The summed E-state index contributed by atoms with van der Waals surface area (Å²) < 4.78 is 10.4. The van der Waals surface area contributed by atoms with Crippen molar-refractivity contribution in [2.24, 2.45) is 0 Å². The summed E-state index contributed by atoms with van der Waals surface area (Å²) in [5, 5.41) is 2.45. The molecule has 3 rings (SSSR count). The molecule has 2 aliphatic heterocycles. The van der Waals surface area contributed by atoms with E-state index in [-0.39, 0.29) is 23.8 Å². The molecule has 2 aliphatic rings. The third kappa shape index (κ3) is 2.77. The quantitative estimate of drug-likeness (QED) is 0.461. The van der Waals surface area contributed by atoms with Crippen LogP contribution in [0.15, 0.2) is 12.1 Å². The predicted molar refractivity (Wildman–Crippen MR) is 81.1 cm³/mol. The van der Waals surface area contributed by atoms with Gasteiger partial charge in [-0.3, -0.25) is 24.1 Å². The van der Waals surface area contributed by atoms with Crippen LogP contribution in [0.5, 0.6) is 11.5 Å². The molecule has 0 aromatic heterocycles. The van der Waals surface area contributed by atoms with Gasteiger partial charge in [-0.2, -0.15) is 0 Å². The first-order valence-electron chi connectivity index (χ1n) is 7.17. The number of fused-ring (bicyclic) bond motifs is 1. The molecule has 0 spiro atoms. The number of carbonyl (C=O) groups excluding carboxylic acids is 5. The Morgan fingerprint density at radius 2 is 1.76 bits per heavy atom. The summed E-state index contributed by atoms with van der Waals surface area (Å²) in [4.78, 5) is 60.0. The maximum atomic E-state index is 12.2. The van der Waals surface area contributed by atoms with Crippen LogP contribution in [0.3, 0.4) is 0 Å². The Kier molecular flexibility index (Phi) is 3.87. The van der Waals surface area contributed by atoms with Crippen molar-refractivity contribution in [1.82, 2.24) is 9.80 Å². The second-order valence-electron chi connectivity index (χ2n) is 5.39. The van der Waals surface area contributed by atoms with Crippen molar-refractivity contribution in [3.63, 3.8) is 0 Å². The van der Waals surface area contributed by atoms with E-state index in [2.05, 4.69) is 5.32 Å². The van der Waals surface area contributed by atoms with Crippen molar-refractivity contribution in [1.29, 1.82) is 0 Å². The topological polar surface area (TPSA) is 122 Å². The van der Waals surface area contributed by atoms with Crippen LogP contribution in [0.1, 0.15) is 17.3 Å². The normalized spacial score (nSPS) is 15.8. The van der Waals surface area contributed by atoms with E-state index in [0.717, 1.165) is 7.05 Å². The van der Waals surface area contributed by atoms with Crippen LogP contribution in [0, 0.1) is 0 Å². The van der Waals surface area contributed by atoms with Gasteiger partial charge in [-0.05, 0) is 13.0 Å². The molecule has 0 radical (unpaired) electrons. The number of hydrogen-bond donors (Lipinski definition) is 1. The van der Waals surface area contributed by atoms with Crippen LogP contribution >= 0.6 is 0 Å². The number of urea groups is 1. The molecular weight excluding hydrogens is 334 g/mol. The molecule has 0 saturated carbocycles. The summed E-state index contributed by atoms with van der Waals surface area (Å²) in [5.41, 5.74) is 0.338. The fourth-order valence-electron chi connectivity index (χ4n) is 2.42. The van der Waals surface area contributed by atoms with Gasteiger partial charge in [0.2, 0.25) is 12.7 Å². The fraction of sp³-hybridized carbons (Fsp3) is 0.267. The number of Topliss-reactive ketones (excluding diaryl/α,β-unsaturated/α-hetero) is 1. The maximum absolute atomic E-state index is 12.2. The first-order valence-corrected chi connectivity index (χ1v) is 7.17. The smallest absolute Gasteiger partial charge is 0.334 e. The molecule has 25 heavy (non-hydrogen) atoms. The lowest BCUT2D eigenvalue weighted by atomic mass is 10.1. The molecule has 5 amide bonds. The SMILES string of the molecule is CC(=O)c1cc2c(cc1NC(=O)CN1C(=O)C(=O)N(C)C1=O)OCO2. The first-order chi connectivity index (χ1) is 11.8. The highest BCUT2D eigenvalue weighted by atomic mass is 16.7. The molecule has 130 valence electrons. The van der Waals surface area contributed by atoms with E-state index in [0.29, 0.717) is 21.3 Å². The van der Waals surface area contributed by atoms with Gasteiger partial charge in [0, 0.05) is 18.7 Å². The zero-order valence-electron chi connectivity index (χ0n) is 13.3. The van der Waals surface area contributed by atoms with Gasteiger partial charge in [-0.15, -0.1) is 0 Å². The molecule has 1 saturated heterocycles. The highest BCUT2D eigenvalue weighted by molar-refractivity contribution is 6.45. The summed E-state index contributed by atoms with van der Waals surface area (Å²) in [6.45, 7) is 0.656. The van der Waals surface area contributed by atoms with Gasteiger partial charge in [-0.1, -0.05) is 0 Å². The Labute approximate surface area is 141 Å². The predicted octanol–water partition coefficient (Wildman–Crippen LogP) is -0.0230. The monoisotopic (exact) mass is 347 g/mol. The number of nitrogens with one attached hydrogen (secondary N) is 1. The van der Waals surface area contributed by atoms with Gasteiger partial charge in [0.1, 0.15) is 6.54 Å². The number of hydrogen-bond acceptors (Lipinski definition) is 7. The minimum absolute atomic E-state index is 0.00466. The number of ketones is 1. The van der Waals surface area contributed by atoms with E-state index in [1.807, 2.05) is 0 Å². The Hall–Kier alpha value is -3.43. The van der Waals surface area contributed by atoms with Crippen LogP contribution in [-0.2, 0) is 14.4 Å². The summed E-state index contributed by atoms with van der Waals surface area (Å²) in [6, 6.07) is 1.97. The molecule has 1 N–H and O–H groups in total. The molecule has 1 aromatic carbocycles. The fourth-order valence-corrected chi connectivity index (χ4v) is 2.42. The Balaban J connectivity index is 1.80. The average molecular weight is 347 g/mol. The molecule has 1 fully saturated rings. The molecule has 10 heteroatoms. The number of rotatable bonds is 4. The third-order valence-corrected chi connectivity index (χ3v) is 3.72. The number of likely N-dealkylation sites (N-methyl/N-ethyl adjacent to an activating group) is 1. The largest absolute Gasteiger partial charge is 0.454 e. The van der Waals surface area contributed by atoms with Crippen molar-refractivity contribution in [2.45, 2.75) is 6.92 Å². The van der Waals surface area contributed by atoms with Crippen LogP contribution in [-0.4, -0.2) is 59.7 Å². The summed E-state index contributed by atoms with van der Waals surface area (Å²) in [6.07, 6.45) is 0. The molecule has 1 aromatic rings. The van der Waals surface area contributed by atoms with Gasteiger partial charge in [0.25, 0.3) is 0 Å². The lowest BCUT2D eigenvalue weighted by Crippen LogP contribution is -2.38. The number of benzene rings is 1. The zero-order chi connectivity index (χ0) is 18.3. The molecule has 0 aliphatic carbocycles. The Morgan fingerprint density at radius 1 is 1.12 bits per heavy atom. The van der Waals surface area contributed by atoms with Gasteiger partial charge < -0.3 is 14.8 Å². The molecule has 0 unspecified atom stereocenters. The standard InChI is InChI=1S/C15H13N3O7/c1-7(19)8-3-10-11(25-6-24-10)4-9(8)16-12(20)5-18-14(22)13(21)17(2)15(18)23/h3-4H,5-6H2,1-2H3,(H,16,20). The van der Waals surface area contributed by atoms with Gasteiger partial charge in [0.15, 0.2) is 17.3 Å². The van der Waals surface area contributed by atoms with Crippen molar-refractivity contribution in [2.75, 3.05) is 25.7 Å². The molecule has 0 bridgehead atoms.